The SMILES string of the molecule is CC(C)(C)Cc1ccc(C(C)(C)C)cc1.CC(C)(C)c1ccc(C2CCCC2)cc1.CC(C)(C)c1ccc(C2CCCCC2)cc1.[2H]C([2H])([2H])C([2H])(c1ccc(C(C)(C)C)cc1)C([2H])([2H])[2H].[2H]C1(c2ccc(C(C)(C)C)cc2)CCCC1.[2H]C1(c2ccc(C(C)(C)C)cc2)CCCCC1. The zero-order chi connectivity index (χ0) is 74.5. The molecule has 0 spiro atoms. The summed E-state index contributed by atoms with van der Waals surface area (Å²) in [6, 6.07) is 51.5. The third-order valence-electron chi connectivity index (χ3n) is 19.0. The molecule has 4 aliphatic carbocycles. The maximum atomic E-state index is 8.59. The van der Waals surface area contributed by atoms with E-state index in [1.165, 1.54) is 147 Å². The summed E-state index contributed by atoms with van der Waals surface area (Å²) < 4.78 is 69.7. The molecule has 0 nitrogen and oxygen atoms in total. The summed E-state index contributed by atoms with van der Waals surface area (Å²) >= 11 is 0. The molecule has 6 aromatic rings. The highest BCUT2D eigenvalue weighted by Crippen LogP contribution is 2.39. The van der Waals surface area contributed by atoms with E-state index in [1.54, 1.807) is 23.3 Å². The van der Waals surface area contributed by atoms with Gasteiger partial charge in [-0.1, -0.05) is 369 Å². The topological polar surface area (TPSA) is 0 Å². The van der Waals surface area contributed by atoms with Gasteiger partial charge in [-0.05, 0) is 192 Å². The summed E-state index contributed by atoms with van der Waals surface area (Å²) in [4.78, 5) is 0. The Balaban J connectivity index is 0.000000215. The predicted octanol–water partition coefficient (Wildman–Crippen LogP) is 28.0. The van der Waals surface area contributed by atoms with Crippen LogP contribution in [0.1, 0.15) is 383 Å². The summed E-state index contributed by atoms with van der Waals surface area (Å²) in [6.45, 7) is 40.8. The molecule has 0 heterocycles. The summed E-state index contributed by atoms with van der Waals surface area (Å²) in [5, 5.41) is 0. The van der Waals surface area contributed by atoms with E-state index in [1.807, 2.05) is 20.8 Å². The Bertz CT molecular complexity index is 3280. The Kier molecular flexibility index (Phi) is 23.7. The first-order chi connectivity index (χ1) is 45.4. The van der Waals surface area contributed by atoms with E-state index in [2.05, 4.69) is 246 Å². The van der Waals surface area contributed by atoms with Gasteiger partial charge in [0.2, 0.25) is 0 Å². The fourth-order valence-electron chi connectivity index (χ4n) is 12.8. The van der Waals surface area contributed by atoms with E-state index < -0.39 is 19.6 Å². The second-order valence-electron chi connectivity index (χ2n) is 34.6. The van der Waals surface area contributed by atoms with Crippen LogP contribution in [0, 0.1) is 5.41 Å². The third kappa shape index (κ3) is 26.4. The molecule has 90 heavy (non-hydrogen) atoms. The fourth-order valence-corrected chi connectivity index (χ4v) is 12.8. The Morgan fingerprint density at radius 2 is 0.522 bits per heavy atom. The summed E-state index contributed by atoms with van der Waals surface area (Å²) in [5.74, 6) is -1.54. The lowest BCUT2D eigenvalue weighted by atomic mass is 9.81. The van der Waals surface area contributed by atoms with Crippen molar-refractivity contribution in [2.75, 3.05) is 0 Å². The summed E-state index contributed by atoms with van der Waals surface area (Å²) in [5.41, 5.74) is 16.5. The molecule has 0 N–H and O–H groups in total. The fraction of sp³-hybridized carbons (Fsp3) is 0.600. The van der Waals surface area contributed by atoms with Crippen molar-refractivity contribution >= 4 is 0 Å². The van der Waals surface area contributed by atoms with Crippen molar-refractivity contribution in [3.8, 4) is 0 Å². The van der Waals surface area contributed by atoms with Crippen molar-refractivity contribution in [3.63, 3.8) is 0 Å². The highest BCUT2D eigenvalue weighted by Gasteiger charge is 2.23. The van der Waals surface area contributed by atoms with Crippen LogP contribution in [0.5, 0.6) is 0 Å². The van der Waals surface area contributed by atoms with Gasteiger partial charge in [0.15, 0.2) is 0 Å². The van der Waals surface area contributed by atoms with Gasteiger partial charge in [-0.2, -0.15) is 0 Å². The van der Waals surface area contributed by atoms with Crippen molar-refractivity contribution in [2.24, 2.45) is 5.41 Å². The normalized spacial score (nSPS) is 19.2. The van der Waals surface area contributed by atoms with E-state index in [9.17, 15) is 0 Å². The van der Waals surface area contributed by atoms with Crippen LogP contribution >= 0.6 is 0 Å². The number of benzene rings is 6. The first-order valence-electron chi connectivity index (χ1n) is 40.0. The van der Waals surface area contributed by atoms with Crippen molar-refractivity contribution < 1.29 is 12.3 Å². The zero-order valence-electron chi connectivity index (χ0n) is 70.4. The van der Waals surface area contributed by atoms with E-state index in [0.717, 1.165) is 49.5 Å². The van der Waals surface area contributed by atoms with Gasteiger partial charge >= 0.3 is 0 Å². The molecule has 0 atom stereocenters. The lowest BCUT2D eigenvalue weighted by Gasteiger charge is -2.24. The van der Waals surface area contributed by atoms with Gasteiger partial charge in [-0.3, -0.25) is 0 Å². The molecule has 0 aliphatic heterocycles. The number of rotatable bonds is 6. The quantitative estimate of drug-likeness (QED) is 0.156. The van der Waals surface area contributed by atoms with Gasteiger partial charge in [0.1, 0.15) is 0 Å². The third-order valence-corrected chi connectivity index (χ3v) is 19.0. The highest BCUT2D eigenvalue weighted by molar-refractivity contribution is 5.34. The monoisotopic (exact) mass is 1230 g/mol. The molecule has 496 valence electrons. The standard InChI is InChI=1S/2C16H24.2C15H22.C15H24.C13H20/c2*1-16(2,3)15-11-9-14(10-12-15)13-7-5-4-6-8-13;2*1-15(2,3)14-10-8-13(9-11-14)12-6-4-5-7-12;1-14(2,3)11-12-7-9-13(10-8-12)15(4,5)6;1-10(2)11-6-8-12(9-7-11)13(3,4)5/h2*9-13H,4-8H2,1-3H3;2*8-12H,4-7H2,1-3H3;7-10H,11H2,1-6H3;6-10H,1-5H3/i13D;;12D;;;1D3,2D3,10D. The molecule has 6 aromatic carbocycles. The minimum Gasteiger partial charge on any atom is -0.0599 e. The van der Waals surface area contributed by atoms with Gasteiger partial charge in [-0.15, -0.1) is 0 Å². The van der Waals surface area contributed by atoms with E-state index >= 15 is 0 Å². The van der Waals surface area contributed by atoms with Gasteiger partial charge in [0.05, 0.1) is 0 Å². The Morgan fingerprint density at radius 1 is 0.300 bits per heavy atom. The second-order valence-corrected chi connectivity index (χ2v) is 34.6. The van der Waals surface area contributed by atoms with Crippen molar-refractivity contribution in [2.45, 2.75) is 343 Å². The maximum Gasteiger partial charge on any atom is 0.0352 e. The first-order valence-corrected chi connectivity index (χ1v) is 35.5. The lowest BCUT2D eigenvalue weighted by molar-refractivity contribution is 0.411. The summed E-state index contributed by atoms with van der Waals surface area (Å²) in [6.07, 6.45) is 24.1. The average Bonchev–Trinajstić information content (AvgIpc) is 1.22. The van der Waals surface area contributed by atoms with Crippen molar-refractivity contribution in [1.82, 2.24) is 0 Å². The van der Waals surface area contributed by atoms with Gasteiger partial charge in [0, 0.05) is 12.3 Å². The van der Waals surface area contributed by atoms with Crippen LogP contribution in [-0.4, -0.2) is 0 Å². The maximum absolute atomic E-state index is 8.59. The smallest absolute Gasteiger partial charge is 0.0352 e. The molecule has 0 amide bonds. The average molecular weight is 1230 g/mol. The molecular formula is C90H136. The second kappa shape index (κ2) is 33.9. The predicted molar refractivity (Wildman–Crippen MR) is 402 cm³/mol. The van der Waals surface area contributed by atoms with Gasteiger partial charge in [0.25, 0.3) is 0 Å². The molecule has 0 bridgehead atoms. The first kappa shape index (κ1) is 62.8. The molecule has 0 aromatic heterocycles. The summed E-state index contributed by atoms with van der Waals surface area (Å²) in [7, 11) is 0. The Hall–Kier alpha value is -4.68. The molecule has 4 saturated carbocycles. The van der Waals surface area contributed by atoms with Crippen LogP contribution in [-0.2, 0) is 38.9 Å². The lowest BCUT2D eigenvalue weighted by Crippen LogP contribution is -2.12. The van der Waals surface area contributed by atoms with E-state index in [4.69, 9.17) is 12.3 Å². The largest absolute Gasteiger partial charge is 0.0599 e. The van der Waals surface area contributed by atoms with Crippen molar-refractivity contribution in [1.29, 1.82) is 0 Å². The molecule has 0 saturated heterocycles. The molecule has 4 aliphatic rings. The van der Waals surface area contributed by atoms with Crippen LogP contribution in [0.15, 0.2) is 146 Å². The van der Waals surface area contributed by atoms with Crippen LogP contribution in [0.4, 0.5) is 0 Å². The van der Waals surface area contributed by atoms with E-state index in [0.29, 0.717) is 5.41 Å². The molecule has 10 rings (SSSR count). The van der Waals surface area contributed by atoms with Crippen LogP contribution in [0.25, 0.3) is 0 Å². The molecule has 4 fully saturated rings. The Labute approximate surface area is 570 Å². The molecule has 0 heteroatoms. The Morgan fingerprint density at radius 3 is 0.778 bits per heavy atom. The van der Waals surface area contributed by atoms with Crippen LogP contribution < -0.4 is 0 Å². The van der Waals surface area contributed by atoms with Gasteiger partial charge in [-0.25, -0.2) is 0 Å². The van der Waals surface area contributed by atoms with Crippen molar-refractivity contribution in [3.05, 3.63) is 212 Å². The van der Waals surface area contributed by atoms with E-state index in [-0.39, 0.29) is 49.8 Å². The number of hydrogen-bond donors (Lipinski definition) is 0. The number of hydrogen-bond acceptors (Lipinski definition) is 0. The van der Waals surface area contributed by atoms with Gasteiger partial charge < -0.3 is 0 Å². The minimum atomic E-state index is -2.93. The van der Waals surface area contributed by atoms with Crippen LogP contribution in [0.3, 0.4) is 0 Å². The molecule has 0 radical (unpaired) electrons. The molecular weight excluding hydrogens is 1080 g/mol. The molecule has 0 unspecified atom stereocenters. The zero-order valence-corrected chi connectivity index (χ0v) is 61.4. The highest BCUT2D eigenvalue weighted by atomic mass is 14.3. The van der Waals surface area contributed by atoms with Crippen LogP contribution in [0.2, 0.25) is 0 Å². The minimum absolute atomic E-state index is 0.00880.